The third-order valence-corrected chi connectivity index (χ3v) is 6.69. The van der Waals surface area contributed by atoms with E-state index < -0.39 is 17.2 Å². The number of hydrogen-bond donors (Lipinski definition) is 1. The Balaban J connectivity index is 2.01. The van der Waals surface area contributed by atoms with Gasteiger partial charge in [-0.05, 0) is 18.4 Å². The predicted octanol–water partition coefficient (Wildman–Crippen LogP) is 4.51. The van der Waals surface area contributed by atoms with E-state index in [-0.39, 0.29) is 11.7 Å². The van der Waals surface area contributed by atoms with Crippen molar-refractivity contribution in [2.75, 3.05) is 5.88 Å². The van der Waals surface area contributed by atoms with Crippen molar-refractivity contribution in [3.8, 4) is 12.1 Å². The molecule has 1 N–H and O–H groups in total. The number of nitrogens with one attached hydrogen (secondary N) is 1. The fourth-order valence-corrected chi connectivity index (χ4v) is 5.19. The van der Waals surface area contributed by atoms with Crippen LogP contribution in [0.1, 0.15) is 37.7 Å². The Labute approximate surface area is 174 Å². The number of rotatable bonds is 4. The van der Waals surface area contributed by atoms with Gasteiger partial charge in [0, 0.05) is 11.2 Å². The van der Waals surface area contributed by atoms with Crippen molar-refractivity contribution in [2.45, 2.75) is 37.9 Å². The molecule has 1 aromatic rings. The summed E-state index contributed by atoms with van der Waals surface area (Å²) in [5.74, 6) is -0.155. The summed E-state index contributed by atoms with van der Waals surface area (Å²) < 4.78 is 0. The van der Waals surface area contributed by atoms with E-state index in [0.29, 0.717) is 16.4 Å². The summed E-state index contributed by atoms with van der Waals surface area (Å²) in [6, 6.07) is 14.7. The SMILES string of the molecule is N#CC1=C(NC(=O)CCl)N=C(SCc2ccccc2)C(C#N)C12CCCCC2. The van der Waals surface area contributed by atoms with Gasteiger partial charge in [-0.25, -0.2) is 4.99 Å². The molecule has 3 rings (SSSR count). The molecule has 2 aliphatic rings. The van der Waals surface area contributed by atoms with Crippen molar-refractivity contribution in [3.05, 3.63) is 47.3 Å². The van der Waals surface area contributed by atoms with Crippen LogP contribution in [0.15, 0.2) is 46.7 Å². The maximum atomic E-state index is 11.9. The number of carbonyl (C=O) groups is 1. The van der Waals surface area contributed by atoms with Crippen molar-refractivity contribution in [1.82, 2.24) is 5.32 Å². The zero-order valence-corrected chi connectivity index (χ0v) is 17.0. The molecule has 0 radical (unpaired) electrons. The second kappa shape index (κ2) is 9.28. The van der Waals surface area contributed by atoms with Gasteiger partial charge in [-0.3, -0.25) is 4.79 Å². The van der Waals surface area contributed by atoms with E-state index >= 15 is 0 Å². The van der Waals surface area contributed by atoms with Gasteiger partial charge >= 0.3 is 0 Å². The Hall–Kier alpha value is -2.28. The quantitative estimate of drug-likeness (QED) is 0.736. The monoisotopic (exact) mass is 412 g/mol. The molecule has 1 aromatic carbocycles. The maximum Gasteiger partial charge on any atom is 0.240 e. The van der Waals surface area contributed by atoms with Gasteiger partial charge in [-0.15, -0.1) is 23.4 Å². The first kappa shape index (κ1) is 20.5. The van der Waals surface area contributed by atoms with E-state index in [1.807, 2.05) is 30.3 Å². The smallest absolute Gasteiger partial charge is 0.240 e. The summed E-state index contributed by atoms with van der Waals surface area (Å²) in [4.78, 5) is 16.5. The topological polar surface area (TPSA) is 89.0 Å². The molecule has 1 heterocycles. The number of halogens is 1. The first-order valence-corrected chi connectivity index (χ1v) is 10.8. The van der Waals surface area contributed by atoms with Gasteiger partial charge in [-0.1, -0.05) is 49.6 Å². The number of amides is 1. The van der Waals surface area contributed by atoms with Crippen molar-refractivity contribution in [3.63, 3.8) is 0 Å². The molecule has 5 nitrogen and oxygen atoms in total. The van der Waals surface area contributed by atoms with E-state index in [1.54, 1.807) is 0 Å². The van der Waals surface area contributed by atoms with Crippen LogP contribution in [-0.4, -0.2) is 16.8 Å². The van der Waals surface area contributed by atoms with E-state index in [4.69, 9.17) is 11.6 Å². The van der Waals surface area contributed by atoms with Crippen LogP contribution in [0.3, 0.4) is 0 Å². The summed E-state index contributed by atoms with van der Waals surface area (Å²) in [5, 5.41) is 23.3. The highest BCUT2D eigenvalue weighted by molar-refractivity contribution is 8.13. The largest absolute Gasteiger partial charge is 0.309 e. The molecule has 1 amide bonds. The van der Waals surface area contributed by atoms with Gasteiger partial charge in [0.05, 0.1) is 22.8 Å². The van der Waals surface area contributed by atoms with Crippen molar-refractivity contribution in [1.29, 1.82) is 10.5 Å². The zero-order chi connectivity index (χ0) is 20.0. The number of carbonyl (C=O) groups excluding carboxylic acids is 1. The molecule has 1 spiro atoms. The second-order valence-corrected chi connectivity index (χ2v) is 8.28. The molecule has 1 aliphatic carbocycles. The van der Waals surface area contributed by atoms with Gasteiger partial charge in [0.2, 0.25) is 5.91 Å². The lowest BCUT2D eigenvalue weighted by atomic mass is 9.61. The Morgan fingerprint density at radius 2 is 1.96 bits per heavy atom. The van der Waals surface area contributed by atoms with Gasteiger partial charge in [0.15, 0.2) is 0 Å². The van der Waals surface area contributed by atoms with Crippen LogP contribution in [0, 0.1) is 34.0 Å². The van der Waals surface area contributed by atoms with E-state index in [0.717, 1.165) is 37.7 Å². The summed E-state index contributed by atoms with van der Waals surface area (Å²) in [6.45, 7) is 0. The number of nitriles is 2. The minimum Gasteiger partial charge on any atom is -0.309 e. The molecule has 1 aliphatic heterocycles. The number of benzene rings is 1. The molecule has 0 saturated heterocycles. The predicted molar refractivity (Wildman–Crippen MR) is 111 cm³/mol. The number of thioether (sulfide) groups is 1. The summed E-state index contributed by atoms with van der Waals surface area (Å²) in [7, 11) is 0. The molecule has 0 aromatic heterocycles. The third-order valence-electron chi connectivity index (χ3n) is 5.35. The third kappa shape index (κ3) is 4.09. The Bertz CT molecular complexity index is 876. The van der Waals surface area contributed by atoms with Crippen molar-refractivity contribution in [2.24, 2.45) is 16.3 Å². The molecule has 1 atom stereocenters. The van der Waals surface area contributed by atoms with Crippen LogP contribution in [0.25, 0.3) is 0 Å². The standard InChI is InChI=1S/C21H21ClN4OS/c22-11-18(27)25-19-16(12-23)21(9-5-2-6-10-21)17(13-24)20(26-19)28-14-15-7-3-1-4-8-15/h1,3-4,7-8,17H,2,5-6,9-11,14H2,(H,25,27). The van der Waals surface area contributed by atoms with Crippen LogP contribution < -0.4 is 5.32 Å². The highest BCUT2D eigenvalue weighted by atomic mass is 35.5. The van der Waals surface area contributed by atoms with Gasteiger partial charge in [0.25, 0.3) is 0 Å². The van der Waals surface area contributed by atoms with Crippen LogP contribution in [-0.2, 0) is 10.5 Å². The summed E-state index contributed by atoms with van der Waals surface area (Å²) >= 11 is 7.15. The molecule has 1 unspecified atom stereocenters. The lowest BCUT2D eigenvalue weighted by Crippen LogP contribution is -2.43. The average Bonchev–Trinajstić information content (AvgIpc) is 2.73. The fraction of sp³-hybridized carbons (Fsp3) is 0.429. The Morgan fingerprint density at radius 3 is 2.57 bits per heavy atom. The van der Waals surface area contributed by atoms with E-state index in [1.165, 1.54) is 11.8 Å². The lowest BCUT2D eigenvalue weighted by Gasteiger charge is -2.43. The zero-order valence-electron chi connectivity index (χ0n) is 15.4. The van der Waals surface area contributed by atoms with Crippen LogP contribution in [0.5, 0.6) is 0 Å². The minimum atomic E-state index is -0.586. The lowest BCUT2D eigenvalue weighted by molar-refractivity contribution is -0.118. The number of alkyl halides is 1. The number of nitrogens with zero attached hydrogens (tertiary/aromatic N) is 3. The van der Waals surface area contributed by atoms with Crippen LogP contribution >= 0.6 is 23.4 Å². The highest BCUT2D eigenvalue weighted by Gasteiger charge is 2.50. The number of aliphatic imine (C=N–C) groups is 1. The van der Waals surface area contributed by atoms with Gasteiger partial charge in [-0.2, -0.15) is 10.5 Å². The maximum absolute atomic E-state index is 11.9. The fourth-order valence-electron chi connectivity index (χ4n) is 4.01. The van der Waals surface area contributed by atoms with Gasteiger partial charge in [0.1, 0.15) is 17.6 Å². The molecule has 0 bridgehead atoms. The molecular formula is C21H21ClN4OS. The van der Waals surface area contributed by atoms with Crippen LogP contribution in [0.2, 0.25) is 0 Å². The molecular weight excluding hydrogens is 392 g/mol. The second-order valence-electron chi connectivity index (χ2n) is 7.02. The summed E-state index contributed by atoms with van der Waals surface area (Å²) in [5.41, 5.74) is 0.963. The molecule has 28 heavy (non-hydrogen) atoms. The van der Waals surface area contributed by atoms with Crippen molar-refractivity contribution >= 4 is 34.3 Å². The minimum absolute atomic E-state index is 0.209. The highest BCUT2D eigenvalue weighted by Crippen LogP contribution is 2.52. The Kier molecular flexibility index (Phi) is 6.78. The first-order chi connectivity index (χ1) is 13.6. The summed E-state index contributed by atoms with van der Waals surface area (Å²) in [6.07, 6.45) is 4.50. The molecule has 1 fully saturated rings. The van der Waals surface area contributed by atoms with E-state index in [2.05, 4.69) is 22.4 Å². The van der Waals surface area contributed by atoms with Gasteiger partial charge < -0.3 is 5.32 Å². The van der Waals surface area contributed by atoms with E-state index in [9.17, 15) is 15.3 Å². The number of hydrogen-bond acceptors (Lipinski definition) is 5. The average molecular weight is 413 g/mol. The molecule has 1 saturated carbocycles. The molecule has 7 heteroatoms. The number of allylic oxidation sites excluding steroid dienone is 1. The van der Waals surface area contributed by atoms with Crippen molar-refractivity contribution < 1.29 is 4.79 Å². The Morgan fingerprint density at radius 1 is 1.25 bits per heavy atom. The normalized spacial score (nSPS) is 20.8. The molecule has 144 valence electrons. The van der Waals surface area contributed by atoms with Crippen LogP contribution in [0.4, 0.5) is 0 Å². The first-order valence-electron chi connectivity index (χ1n) is 9.30.